The van der Waals surface area contributed by atoms with Crippen LogP contribution in [0, 0.1) is 5.41 Å². The molecule has 0 bridgehead atoms. The van der Waals surface area contributed by atoms with Gasteiger partial charge < -0.3 is 25.8 Å². The lowest BCUT2D eigenvalue weighted by Crippen LogP contribution is -2.59. The third kappa shape index (κ3) is 5.14. The Labute approximate surface area is 208 Å². The molecule has 2 amide bonds. The molecule has 0 radical (unpaired) electrons. The zero-order valence-corrected chi connectivity index (χ0v) is 19.6. The van der Waals surface area contributed by atoms with Crippen molar-refractivity contribution in [1.29, 1.82) is 0 Å². The summed E-state index contributed by atoms with van der Waals surface area (Å²) in [5.41, 5.74) is 5.86. The minimum atomic E-state index is -0.676. The molecule has 2 fully saturated rings. The van der Waals surface area contributed by atoms with Gasteiger partial charge in [0.1, 0.15) is 22.8 Å². The highest BCUT2D eigenvalue weighted by Crippen LogP contribution is 2.56. The topological polar surface area (TPSA) is 128 Å². The van der Waals surface area contributed by atoms with Gasteiger partial charge in [0.25, 0.3) is 5.91 Å². The van der Waals surface area contributed by atoms with Gasteiger partial charge in [-0.25, -0.2) is 4.98 Å². The SMILES string of the molecule is C=CC(=O)NC1CC2(C1)CC(Nc1ncc(C(N)=O)c(Oc3ccc(Oc4ccccc4)cc3)n1)C2. The maximum atomic E-state index is 11.9. The summed E-state index contributed by atoms with van der Waals surface area (Å²) in [6.45, 7) is 3.49. The number of primary amides is 1. The number of ether oxygens (including phenoxy) is 2. The van der Waals surface area contributed by atoms with Gasteiger partial charge in [-0.15, -0.1) is 0 Å². The van der Waals surface area contributed by atoms with Crippen LogP contribution in [0.15, 0.2) is 73.4 Å². The number of hydrogen-bond acceptors (Lipinski definition) is 7. The molecule has 0 aliphatic heterocycles. The molecule has 0 saturated heterocycles. The maximum Gasteiger partial charge on any atom is 0.255 e. The Kier molecular flexibility index (Phi) is 6.28. The van der Waals surface area contributed by atoms with Crippen LogP contribution in [0.25, 0.3) is 0 Å². The van der Waals surface area contributed by atoms with Crippen LogP contribution < -0.4 is 25.8 Å². The fourth-order valence-electron chi connectivity index (χ4n) is 4.95. The van der Waals surface area contributed by atoms with Gasteiger partial charge in [-0.2, -0.15) is 4.98 Å². The van der Waals surface area contributed by atoms with Crippen molar-refractivity contribution in [2.24, 2.45) is 11.1 Å². The molecule has 2 aliphatic carbocycles. The zero-order valence-electron chi connectivity index (χ0n) is 19.6. The summed E-state index contributed by atoms with van der Waals surface area (Å²) in [6, 6.07) is 16.9. The second kappa shape index (κ2) is 9.69. The summed E-state index contributed by atoms with van der Waals surface area (Å²) >= 11 is 0. The van der Waals surface area contributed by atoms with Crippen LogP contribution in [0.3, 0.4) is 0 Å². The van der Waals surface area contributed by atoms with Crippen LogP contribution in [-0.4, -0.2) is 33.9 Å². The van der Waals surface area contributed by atoms with Crippen LogP contribution in [0.4, 0.5) is 5.95 Å². The Morgan fingerprint density at radius 2 is 1.56 bits per heavy atom. The number of amides is 2. The van der Waals surface area contributed by atoms with E-state index in [1.165, 1.54) is 12.3 Å². The first kappa shape index (κ1) is 23.3. The molecule has 4 N–H and O–H groups in total. The average Bonchev–Trinajstić information content (AvgIpc) is 2.83. The van der Waals surface area contributed by atoms with Crippen molar-refractivity contribution in [3.63, 3.8) is 0 Å². The number of benzene rings is 2. The first-order chi connectivity index (χ1) is 17.4. The van der Waals surface area contributed by atoms with Crippen molar-refractivity contribution in [3.8, 4) is 23.1 Å². The van der Waals surface area contributed by atoms with E-state index in [0.717, 1.165) is 31.4 Å². The fourth-order valence-corrected chi connectivity index (χ4v) is 4.95. The van der Waals surface area contributed by atoms with Crippen LogP contribution in [0.2, 0.25) is 0 Å². The molecule has 1 spiro atoms. The Hall–Kier alpha value is -4.40. The number of aromatic nitrogens is 2. The molecule has 9 nitrogen and oxygen atoms in total. The van der Waals surface area contributed by atoms with Gasteiger partial charge in [0.05, 0.1) is 0 Å². The van der Waals surface area contributed by atoms with Gasteiger partial charge in [-0.1, -0.05) is 24.8 Å². The van der Waals surface area contributed by atoms with E-state index in [2.05, 4.69) is 27.2 Å². The Balaban J connectivity index is 1.20. The van der Waals surface area contributed by atoms with E-state index in [1.807, 2.05) is 30.3 Å². The molecular formula is C27H27N5O4. The molecule has 2 aliphatic rings. The molecule has 36 heavy (non-hydrogen) atoms. The van der Waals surface area contributed by atoms with Crippen molar-refractivity contribution in [2.75, 3.05) is 5.32 Å². The summed E-state index contributed by atoms with van der Waals surface area (Å²) < 4.78 is 11.7. The lowest BCUT2D eigenvalue weighted by Gasteiger charge is -2.57. The molecule has 5 rings (SSSR count). The third-order valence-electron chi connectivity index (χ3n) is 6.62. The highest BCUT2D eigenvalue weighted by atomic mass is 16.5. The first-order valence-electron chi connectivity index (χ1n) is 11.8. The number of anilines is 1. The number of carbonyl (C=O) groups is 2. The number of nitrogens with zero attached hydrogens (tertiary/aromatic N) is 2. The van der Waals surface area contributed by atoms with E-state index in [0.29, 0.717) is 17.4 Å². The van der Waals surface area contributed by atoms with E-state index in [1.54, 1.807) is 24.3 Å². The number of nitrogens with two attached hydrogens (primary N) is 1. The van der Waals surface area contributed by atoms with Gasteiger partial charge in [-0.3, -0.25) is 9.59 Å². The maximum absolute atomic E-state index is 11.9. The molecular weight excluding hydrogens is 458 g/mol. The highest BCUT2D eigenvalue weighted by molar-refractivity contribution is 5.95. The van der Waals surface area contributed by atoms with Gasteiger partial charge in [-0.05, 0) is 73.6 Å². The number of carbonyl (C=O) groups excluding carboxylic acids is 2. The zero-order chi connectivity index (χ0) is 25.1. The van der Waals surface area contributed by atoms with E-state index < -0.39 is 5.91 Å². The third-order valence-corrected chi connectivity index (χ3v) is 6.62. The standard InChI is InChI=1S/C27H27N5O4/c1-2-23(33)30-17-12-27(13-17)14-18(15-27)31-26-29-16-22(24(28)34)25(32-26)36-21-10-8-20(9-11-21)35-19-6-4-3-5-7-19/h2-11,16-18H,1,12-15H2,(H2,28,34)(H,30,33)(H,29,31,32). The molecule has 1 aromatic heterocycles. The van der Waals surface area contributed by atoms with Gasteiger partial charge in [0, 0.05) is 18.3 Å². The molecule has 9 heteroatoms. The first-order valence-corrected chi connectivity index (χ1v) is 11.8. The minimum absolute atomic E-state index is 0.0848. The summed E-state index contributed by atoms with van der Waals surface area (Å²) in [6.07, 6.45) is 6.53. The summed E-state index contributed by atoms with van der Waals surface area (Å²) in [5.74, 6) is 1.51. The molecule has 0 atom stereocenters. The van der Waals surface area contributed by atoms with E-state index >= 15 is 0 Å². The number of nitrogens with one attached hydrogen (secondary N) is 2. The largest absolute Gasteiger partial charge is 0.457 e. The fraction of sp³-hybridized carbons (Fsp3) is 0.259. The lowest BCUT2D eigenvalue weighted by molar-refractivity contribution is -0.119. The van der Waals surface area contributed by atoms with E-state index in [9.17, 15) is 9.59 Å². The smallest absolute Gasteiger partial charge is 0.255 e. The minimum Gasteiger partial charge on any atom is -0.457 e. The predicted octanol–water partition coefficient (Wildman–Crippen LogP) is 4.19. The van der Waals surface area contributed by atoms with Crippen LogP contribution in [-0.2, 0) is 4.79 Å². The van der Waals surface area contributed by atoms with Gasteiger partial charge in [0.2, 0.25) is 17.7 Å². The quantitative estimate of drug-likeness (QED) is 0.388. The van der Waals surface area contributed by atoms with E-state index in [-0.39, 0.29) is 34.8 Å². The number of rotatable bonds is 9. The van der Waals surface area contributed by atoms with Crippen LogP contribution in [0.5, 0.6) is 23.1 Å². The number of para-hydroxylation sites is 1. The van der Waals surface area contributed by atoms with Crippen molar-refractivity contribution < 1.29 is 19.1 Å². The monoisotopic (exact) mass is 485 g/mol. The highest BCUT2D eigenvalue weighted by Gasteiger charge is 2.53. The molecule has 0 unspecified atom stereocenters. The Morgan fingerprint density at radius 3 is 2.19 bits per heavy atom. The lowest BCUT2D eigenvalue weighted by atomic mass is 9.52. The summed E-state index contributed by atoms with van der Waals surface area (Å²) in [4.78, 5) is 32.0. The van der Waals surface area contributed by atoms with Gasteiger partial charge >= 0.3 is 0 Å². The normalized spacial score (nSPS) is 22.0. The summed E-state index contributed by atoms with van der Waals surface area (Å²) in [7, 11) is 0. The molecule has 3 aromatic rings. The molecule has 1 heterocycles. The predicted molar refractivity (Wildman–Crippen MR) is 134 cm³/mol. The van der Waals surface area contributed by atoms with Crippen LogP contribution in [0.1, 0.15) is 36.0 Å². The molecule has 184 valence electrons. The average molecular weight is 486 g/mol. The second-order valence-corrected chi connectivity index (χ2v) is 9.33. The van der Waals surface area contributed by atoms with Crippen molar-refractivity contribution in [2.45, 2.75) is 37.8 Å². The van der Waals surface area contributed by atoms with E-state index in [4.69, 9.17) is 15.2 Å². The van der Waals surface area contributed by atoms with Crippen molar-refractivity contribution in [1.82, 2.24) is 15.3 Å². The second-order valence-electron chi connectivity index (χ2n) is 9.33. The number of hydrogen-bond donors (Lipinski definition) is 3. The molecule has 2 saturated carbocycles. The van der Waals surface area contributed by atoms with Crippen molar-refractivity contribution in [3.05, 3.63) is 79.0 Å². The Bertz CT molecular complexity index is 1270. The molecule has 2 aromatic carbocycles. The Morgan fingerprint density at radius 1 is 0.944 bits per heavy atom. The summed E-state index contributed by atoms with van der Waals surface area (Å²) in [5, 5.41) is 6.27. The van der Waals surface area contributed by atoms with Crippen molar-refractivity contribution >= 4 is 17.8 Å². The van der Waals surface area contributed by atoms with Crippen LogP contribution >= 0.6 is 0 Å². The van der Waals surface area contributed by atoms with Gasteiger partial charge in [0.15, 0.2) is 0 Å².